The first-order valence-electron chi connectivity index (χ1n) is 8.63. The maximum atomic E-state index is 4.59. The van der Waals surface area contributed by atoms with Crippen LogP contribution in [0.25, 0.3) is 39.3 Å². The van der Waals surface area contributed by atoms with E-state index in [2.05, 4.69) is 48.6 Å². The van der Waals surface area contributed by atoms with Crippen LogP contribution in [0, 0.1) is 0 Å². The highest BCUT2D eigenvalue weighted by molar-refractivity contribution is 5.72. The molecule has 4 aromatic heterocycles. The molecule has 128 valence electrons. The van der Waals surface area contributed by atoms with E-state index < -0.39 is 0 Å². The van der Waals surface area contributed by atoms with E-state index >= 15 is 0 Å². The zero-order valence-corrected chi connectivity index (χ0v) is 14.4. The minimum absolute atomic E-state index is 0.879. The lowest BCUT2D eigenvalue weighted by Gasteiger charge is -2.06. The van der Waals surface area contributed by atoms with Crippen LogP contribution in [0.2, 0.25) is 0 Å². The van der Waals surface area contributed by atoms with Gasteiger partial charge >= 0.3 is 0 Å². The number of aromatic nitrogens is 5. The van der Waals surface area contributed by atoms with Crippen molar-refractivity contribution < 1.29 is 0 Å². The Bertz CT molecular complexity index is 1210. The summed E-state index contributed by atoms with van der Waals surface area (Å²) in [6.45, 7) is 0. The van der Waals surface area contributed by atoms with Gasteiger partial charge in [0.15, 0.2) is 0 Å². The maximum absolute atomic E-state index is 4.59. The average molecular weight is 349 g/mol. The lowest BCUT2D eigenvalue weighted by atomic mass is 10.1. The van der Waals surface area contributed by atoms with Crippen molar-refractivity contribution in [2.45, 2.75) is 0 Å². The summed E-state index contributed by atoms with van der Waals surface area (Å²) in [7, 11) is 0. The largest absolute Gasteiger partial charge is 0.300 e. The first-order chi connectivity index (χ1) is 13.4. The highest BCUT2D eigenvalue weighted by atomic mass is 15.0. The molecule has 1 aromatic carbocycles. The number of fused-ring (bicyclic) bond motifs is 1. The molecule has 0 radical (unpaired) electrons. The van der Waals surface area contributed by atoms with E-state index in [1.807, 2.05) is 48.9 Å². The van der Waals surface area contributed by atoms with Gasteiger partial charge in [0, 0.05) is 41.5 Å². The summed E-state index contributed by atoms with van der Waals surface area (Å²) in [6, 6.07) is 18.4. The summed E-state index contributed by atoms with van der Waals surface area (Å²) in [5.74, 6) is 0. The third-order valence-corrected chi connectivity index (χ3v) is 4.53. The van der Waals surface area contributed by atoms with Gasteiger partial charge in [-0.2, -0.15) is 0 Å². The molecule has 5 nitrogen and oxygen atoms in total. The van der Waals surface area contributed by atoms with Crippen LogP contribution in [-0.4, -0.2) is 24.3 Å². The molecule has 5 aromatic rings. The van der Waals surface area contributed by atoms with E-state index in [1.54, 1.807) is 12.4 Å². The quantitative estimate of drug-likeness (QED) is 0.480. The Morgan fingerprint density at radius 2 is 1.52 bits per heavy atom. The summed E-state index contributed by atoms with van der Waals surface area (Å²) >= 11 is 0. The molecule has 0 unspecified atom stereocenters. The van der Waals surface area contributed by atoms with Crippen LogP contribution >= 0.6 is 0 Å². The second-order valence-corrected chi connectivity index (χ2v) is 6.21. The third kappa shape index (κ3) is 2.85. The van der Waals surface area contributed by atoms with Gasteiger partial charge in [-0.3, -0.25) is 9.38 Å². The predicted molar refractivity (Wildman–Crippen MR) is 105 cm³/mol. The standard InChI is InChI=1S/C22H15N5/c1-2-4-16(5-3-1)20-10-18(6-8-25-20)21-14-26-22-11-17(7-9-27(21)22)19-12-23-15-24-13-19/h1-15H. The summed E-state index contributed by atoms with van der Waals surface area (Å²) in [5, 5.41) is 0. The van der Waals surface area contributed by atoms with Crippen molar-refractivity contribution in [1.29, 1.82) is 0 Å². The Kier molecular flexibility index (Phi) is 3.68. The van der Waals surface area contributed by atoms with Crippen molar-refractivity contribution in [2.24, 2.45) is 0 Å². The number of benzene rings is 1. The average Bonchev–Trinajstić information content (AvgIpc) is 3.18. The van der Waals surface area contributed by atoms with Crippen LogP contribution in [0.15, 0.2) is 91.9 Å². The third-order valence-electron chi connectivity index (χ3n) is 4.53. The van der Waals surface area contributed by atoms with Crippen LogP contribution < -0.4 is 0 Å². The zero-order valence-electron chi connectivity index (χ0n) is 14.4. The molecule has 4 heterocycles. The van der Waals surface area contributed by atoms with Gasteiger partial charge in [0.1, 0.15) is 12.0 Å². The number of hydrogen-bond acceptors (Lipinski definition) is 4. The minimum Gasteiger partial charge on any atom is -0.300 e. The fraction of sp³-hybridized carbons (Fsp3) is 0. The Morgan fingerprint density at radius 1 is 0.667 bits per heavy atom. The van der Waals surface area contributed by atoms with Crippen molar-refractivity contribution in [3.63, 3.8) is 0 Å². The van der Waals surface area contributed by atoms with Crippen molar-refractivity contribution in [2.75, 3.05) is 0 Å². The maximum Gasteiger partial charge on any atom is 0.137 e. The molecule has 0 atom stereocenters. The van der Waals surface area contributed by atoms with Crippen molar-refractivity contribution in [1.82, 2.24) is 24.3 Å². The minimum atomic E-state index is 0.879. The lowest BCUT2D eigenvalue weighted by molar-refractivity contribution is 1.16. The Hall–Kier alpha value is -3.86. The molecule has 5 heteroatoms. The van der Waals surface area contributed by atoms with E-state index in [0.717, 1.165) is 39.3 Å². The molecule has 27 heavy (non-hydrogen) atoms. The SMILES string of the molecule is c1ccc(-c2cc(-c3cnc4cc(-c5cncnc5)ccn34)ccn2)cc1. The topological polar surface area (TPSA) is 56.0 Å². The summed E-state index contributed by atoms with van der Waals surface area (Å²) in [6.07, 6.45) is 10.9. The molecule has 0 fully saturated rings. The summed E-state index contributed by atoms with van der Waals surface area (Å²) in [5.41, 5.74) is 7.04. The van der Waals surface area contributed by atoms with Crippen molar-refractivity contribution >= 4 is 5.65 Å². The number of pyridine rings is 2. The van der Waals surface area contributed by atoms with E-state index in [-0.39, 0.29) is 0 Å². The first kappa shape index (κ1) is 15.4. The molecule has 0 bridgehead atoms. The Balaban J connectivity index is 1.58. The molecular weight excluding hydrogens is 334 g/mol. The van der Waals surface area contributed by atoms with Crippen molar-refractivity contribution in [3.05, 3.63) is 91.9 Å². The molecule has 5 rings (SSSR count). The van der Waals surface area contributed by atoms with Crippen LogP contribution in [0.3, 0.4) is 0 Å². The molecule has 0 aliphatic heterocycles. The van der Waals surface area contributed by atoms with E-state index in [4.69, 9.17) is 0 Å². The Morgan fingerprint density at radius 3 is 2.37 bits per heavy atom. The second-order valence-electron chi connectivity index (χ2n) is 6.21. The molecule has 0 aliphatic carbocycles. The van der Waals surface area contributed by atoms with E-state index in [0.29, 0.717) is 0 Å². The fourth-order valence-electron chi connectivity index (χ4n) is 3.18. The monoisotopic (exact) mass is 349 g/mol. The second kappa shape index (κ2) is 6.46. The van der Waals surface area contributed by atoms with E-state index in [1.165, 1.54) is 6.33 Å². The van der Waals surface area contributed by atoms with Gasteiger partial charge in [0.2, 0.25) is 0 Å². The van der Waals surface area contributed by atoms with Crippen molar-refractivity contribution in [3.8, 4) is 33.6 Å². The van der Waals surface area contributed by atoms with Gasteiger partial charge in [-0.1, -0.05) is 30.3 Å². The number of rotatable bonds is 3. The highest BCUT2D eigenvalue weighted by Gasteiger charge is 2.09. The molecule has 0 saturated carbocycles. The van der Waals surface area contributed by atoms with Crippen LogP contribution in [0.5, 0.6) is 0 Å². The van der Waals surface area contributed by atoms with Gasteiger partial charge in [-0.25, -0.2) is 15.0 Å². The van der Waals surface area contributed by atoms with Gasteiger partial charge in [0.25, 0.3) is 0 Å². The fourth-order valence-corrected chi connectivity index (χ4v) is 3.18. The van der Waals surface area contributed by atoms with Crippen LogP contribution in [0.4, 0.5) is 0 Å². The Labute approximate surface area is 156 Å². The highest BCUT2D eigenvalue weighted by Crippen LogP contribution is 2.27. The van der Waals surface area contributed by atoms with Gasteiger partial charge in [-0.05, 0) is 29.8 Å². The van der Waals surface area contributed by atoms with Crippen LogP contribution in [-0.2, 0) is 0 Å². The number of imidazole rings is 1. The summed E-state index contributed by atoms with van der Waals surface area (Å²) in [4.78, 5) is 17.3. The normalized spacial score (nSPS) is 11.0. The molecule has 0 spiro atoms. The molecular formula is C22H15N5. The molecule has 0 amide bonds. The first-order valence-corrected chi connectivity index (χ1v) is 8.63. The molecule has 0 N–H and O–H groups in total. The van der Waals surface area contributed by atoms with Gasteiger partial charge < -0.3 is 0 Å². The predicted octanol–water partition coefficient (Wildman–Crippen LogP) is 4.52. The zero-order chi connectivity index (χ0) is 18.1. The smallest absolute Gasteiger partial charge is 0.137 e. The lowest BCUT2D eigenvalue weighted by Crippen LogP contribution is -1.91. The molecule has 0 saturated heterocycles. The van der Waals surface area contributed by atoms with Crippen LogP contribution in [0.1, 0.15) is 0 Å². The number of hydrogen-bond donors (Lipinski definition) is 0. The molecule has 0 aliphatic rings. The number of nitrogens with zero attached hydrogens (tertiary/aromatic N) is 5. The summed E-state index contributed by atoms with van der Waals surface area (Å²) < 4.78 is 2.08. The van der Waals surface area contributed by atoms with Gasteiger partial charge in [-0.15, -0.1) is 0 Å². The van der Waals surface area contributed by atoms with E-state index in [9.17, 15) is 0 Å². The van der Waals surface area contributed by atoms with Gasteiger partial charge in [0.05, 0.1) is 17.6 Å².